The van der Waals surface area contributed by atoms with E-state index in [1.165, 1.54) is 263 Å². The molecule has 0 spiro atoms. The summed E-state index contributed by atoms with van der Waals surface area (Å²) in [7, 11) is 0. The summed E-state index contributed by atoms with van der Waals surface area (Å²) in [5.74, 6) is -0.235. The zero-order valence-electron chi connectivity index (χ0n) is 68.8. The molecule has 0 aliphatic carbocycles. The lowest BCUT2D eigenvalue weighted by atomic mass is 9.96. The largest absolute Gasteiger partial charge is 0.394 e. The summed E-state index contributed by atoms with van der Waals surface area (Å²) in [6, 6.07) is -0.888. The Kier molecular flexibility index (Phi) is 64.4. The van der Waals surface area contributed by atoms with Crippen LogP contribution in [0.5, 0.6) is 0 Å². The van der Waals surface area contributed by atoms with Crippen LogP contribution in [0.2, 0.25) is 0 Å². The van der Waals surface area contributed by atoms with E-state index < -0.39 is 124 Å². The highest BCUT2D eigenvalue weighted by Crippen LogP contribution is 2.34. The van der Waals surface area contributed by atoms with E-state index in [-0.39, 0.29) is 18.9 Å². The van der Waals surface area contributed by atoms with E-state index in [2.05, 4.69) is 79.9 Å². The number of hydrogen-bond donors (Lipinski definition) is 12. The standard InChI is InChI=1S/C90H165NO18/c1-3-5-7-9-11-13-15-17-19-21-23-25-27-28-29-30-31-32-33-34-35-36-37-38-39-40-41-42-43-44-46-48-50-52-54-56-58-60-62-64-66-68-78(96)91-73(74(95)67-65-63-61-59-57-55-53-51-49-47-45-26-24-22-20-18-16-14-12-10-8-6-4-2)72-104-88-84(102)81(99)86(76(70-93)106-88)109-90-85(103)82(100)87(77(71-94)107-90)108-89-83(101)80(98)79(97)75(69-92)105-89/h5,7,11,13,17,19,23,25,28-29,73-77,79-90,92-95,97-103H,3-4,6,8-10,12,14-16,18,20-22,24,26-27,30-72H2,1-2H3,(H,91,96)/b7-5-,13-11-,19-17-,25-23-,29-28-. The first kappa shape index (κ1) is 101. The van der Waals surface area contributed by atoms with Crippen LogP contribution in [0.1, 0.15) is 373 Å². The van der Waals surface area contributed by atoms with Gasteiger partial charge in [0.05, 0.1) is 38.6 Å². The topological polar surface area (TPSA) is 307 Å². The van der Waals surface area contributed by atoms with E-state index in [0.29, 0.717) is 12.8 Å². The molecule has 3 rings (SSSR count). The van der Waals surface area contributed by atoms with Crippen LogP contribution in [-0.2, 0) is 33.2 Å². The van der Waals surface area contributed by atoms with Gasteiger partial charge in [0.25, 0.3) is 0 Å². The van der Waals surface area contributed by atoms with E-state index in [0.717, 1.165) is 77.0 Å². The molecule has 638 valence electrons. The fourth-order valence-electron chi connectivity index (χ4n) is 15.2. The maximum absolute atomic E-state index is 13.5. The second kappa shape index (κ2) is 69.8. The highest BCUT2D eigenvalue weighted by Gasteiger charge is 2.54. The van der Waals surface area contributed by atoms with Gasteiger partial charge in [-0.15, -0.1) is 0 Å². The van der Waals surface area contributed by atoms with E-state index in [1.807, 2.05) is 0 Å². The molecule has 19 nitrogen and oxygen atoms in total. The van der Waals surface area contributed by atoms with Crippen LogP contribution in [-0.4, -0.2) is 193 Å². The molecule has 0 aromatic rings. The van der Waals surface area contributed by atoms with Crippen molar-refractivity contribution in [1.82, 2.24) is 5.32 Å². The molecule has 12 N–H and O–H groups in total. The number of rotatable bonds is 73. The molecule has 1 amide bonds. The molecule has 3 saturated heterocycles. The highest BCUT2D eigenvalue weighted by atomic mass is 16.8. The molecule has 109 heavy (non-hydrogen) atoms. The molecule has 17 unspecified atom stereocenters. The van der Waals surface area contributed by atoms with Crippen molar-refractivity contribution >= 4 is 5.91 Å². The Bertz CT molecular complexity index is 2200. The first-order chi connectivity index (χ1) is 53.3. The van der Waals surface area contributed by atoms with Gasteiger partial charge >= 0.3 is 0 Å². The zero-order chi connectivity index (χ0) is 78.8. The summed E-state index contributed by atoms with van der Waals surface area (Å²) in [5.41, 5.74) is 0. The molecule has 0 aromatic heterocycles. The first-order valence-electron chi connectivity index (χ1n) is 45.0. The van der Waals surface area contributed by atoms with Crippen molar-refractivity contribution in [2.75, 3.05) is 26.4 Å². The van der Waals surface area contributed by atoms with Crippen LogP contribution in [0.4, 0.5) is 0 Å². The van der Waals surface area contributed by atoms with Crippen LogP contribution in [0.15, 0.2) is 60.8 Å². The fraction of sp³-hybridized carbons (Fsp3) is 0.878. The van der Waals surface area contributed by atoms with Crippen molar-refractivity contribution in [1.29, 1.82) is 0 Å². The second-order valence-electron chi connectivity index (χ2n) is 32.0. The minimum absolute atomic E-state index is 0.235. The molecule has 3 aliphatic heterocycles. The van der Waals surface area contributed by atoms with Gasteiger partial charge in [-0.05, 0) is 57.8 Å². The summed E-state index contributed by atoms with van der Waals surface area (Å²) < 4.78 is 34.6. The molecular formula is C90H165NO18. The SMILES string of the molecule is CC/C=C\C/C=C\C/C=C\C/C=C\C/C=C\CCCCCCCCCCCCCCCCCCCCCCCCCCCC(=O)NC(COC1OC(CO)C(OC2OC(CO)C(OC3OC(CO)C(O)C(O)C3O)C(O)C2O)C(O)C1O)C(O)CCCCCCCCCCCCCCCCCCCCCCCCC. The van der Waals surface area contributed by atoms with E-state index in [1.54, 1.807) is 0 Å². The normalized spacial score (nSPS) is 25.5. The minimum Gasteiger partial charge on any atom is -0.394 e. The number of aliphatic hydroxyl groups excluding tert-OH is 11. The van der Waals surface area contributed by atoms with Gasteiger partial charge in [-0.3, -0.25) is 4.79 Å². The van der Waals surface area contributed by atoms with E-state index >= 15 is 0 Å². The van der Waals surface area contributed by atoms with Crippen molar-refractivity contribution in [2.24, 2.45) is 0 Å². The number of allylic oxidation sites excluding steroid dienone is 10. The summed E-state index contributed by atoms with van der Waals surface area (Å²) in [6.45, 7) is 1.75. The van der Waals surface area contributed by atoms with Gasteiger partial charge in [-0.1, -0.05) is 370 Å². The summed E-state index contributed by atoms with van der Waals surface area (Å²) in [6.07, 6.45) is 64.8. The molecular weight excluding hydrogens is 1380 g/mol. The molecule has 17 atom stereocenters. The average molecular weight is 1550 g/mol. The Morgan fingerprint density at radius 1 is 0.339 bits per heavy atom. The van der Waals surface area contributed by atoms with E-state index in [9.17, 15) is 61.0 Å². The van der Waals surface area contributed by atoms with Crippen molar-refractivity contribution in [2.45, 2.75) is 478 Å². The molecule has 0 bridgehead atoms. The van der Waals surface area contributed by atoms with Gasteiger partial charge in [-0.25, -0.2) is 0 Å². The number of hydrogen-bond acceptors (Lipinski definition) is 18. The third kappa shape index (κ3) is 48.6. The quantitative estimate of drug-likeness (QED) is 0.0199. The number of amides is 1. The molecule has 3 fully saturated rings. The van der Waals surface area contributed by atoms with E-state index in [4.69, 9.17) is 28.4 Å². The second-order valence-corrected chi connectivity index (χ2v) is 32.0. The zero-order valence-corrected chi connectivity index (χ0v) is 68.8. The van der Waals surface area contributed by atoms with Crippen molar-refractivity contribution < 1.29 is 89.4 Å². The lowest BCUT2D eigenvalue weighted by molar-refractivity contribution is -0.379. The van der Waals surface area contributed by atoms with Gasteiger partial charge in [0.1, 0.15) is 73.2 Å². The molecule has 0 radical (unpaired) electrons. The predicted octanol–water partition coefficient (Wildman–Crippen LogP) is 17.0. The Morgan fingerprint density at radius 3 is 0.991 bits per heavy atom. The highest BCUT2D eigenvalue weighted by molar-refractivity contribution is 5.76. The summed E-state index contributed by atoms with van der Waals surface area (Å²) in [4.78, 5) is 13.5. The summed E-state index contributed by atoms with van der Waals surface area (Å²) >= 11 is 0. The molecule has 3 heterocycles. The smallest absolute Gasteiger partial charge is 0.220 e. The Labute approximate surface area is 662 Å². The number of unbranched alkanes of at least 4 members (excludes halogenated alkanes) is 47. The molecule has 0 aromatic carbocycles. The minimum atomic E-state index is -1.97. The molecule has 3 aliphatic rings. The molecule has 19 heteroatoms. The van der Waals surface area contributed by atoms with Gasteiger partial charge in [0.2, 0.25) is 5.91 Å². The molecule has 0 saturated carbocycles. The van der Waals surface area contributed by atoms with Crippen LogP contribution in [0.25, 0.3) is 0 Å². The number of carbonyl (C=O) groups excluding carboxylic acids is 1. The number of carbonyl (C=O) groups is 1. The first-order valence-corrected chi connectivity index (χ1v) is 45.0. The lowest BCUT2D eigenvalue weighted by Gasteiger charge is -2.48. The van der Waals surface area contributed by atoms with Gasteiger partial charge in [-0.2, -0.15) is 0 Å². The van der Waals surface area contributed by atoms with Gasteiger partial charge in [0, 0.05) is 6.42 Å². The van der Waals surface area contributed by atoms with Crippen molar-refractivity contribution in [3.8, 4) is 0 Å². The van der Waals surface area contributed by atoms with Crippen molar-refractivity contribution in [3.63, 3.8) is 0 Å². The third-order valence-electron chi connectivity index (χ3n) is 22.4. The lowest BCUT2D eigenvalue weighted by Crippen LogP contribution is -2.66. The maximum Gasteiger partial charge on any atom is 0.220 e. The maximum atomic E-state index is 13.5. The average Bonchev–Trinajstić information content (AvgIpc) is 0.760. The Hall–Kier alpha value is -2.51. The van der Waals surface area contributed by atoms with Crippen LogP contribution in [0, 0.1) is 0 Å². The van der Waals surface area contributed by atoms with Gasteiger partial charge in [0.15, 0.2) is 18.9 Å². The van der Waals surface area contributed by atoms with Crippen molar-refractivity contribution in [3.05, 3.63) is 60.8 Å². The predicted molar refractivity (Wildman–Crippen MR) is 439 cm³/mol. The third-order valence-corrected chi connectivity index (χ3v) is 22.4. The summed E-state index contributed by atoms with van der Waals surface area (Å²) in [5, 5.41) is 121. The van der Waals surface area contributed by atoms with Crippen LogP contribution >= 0.6 is 0 Å². The van der Waals surface area contributed by atoms with Crippen LogP contribution in [0.3, 0.4) is 0 Å². The number of ether oxygens (including phenoxy) is 6. The Morgan fingerprint density at radius 2 is 0.633 bits per heavy atom. The Balaban J connectivity index is 1.28. The fourth-order valence-corrected chi connectivity index (χ4v) is 15.2. The number of aliphatic hydroxyl groups is 11. The number of nitrogens with one attached hydrogen (secondary N) is 1. The monoisotopic (exact) mass is 1550 g/mol. The van der Waals surface area contributed by atoms with Gasteiger partial charge < -0.3 is 89.9 Å². The van der Waals surface area contributed by atoms with Crippen LogP contribution < -0.4 is 5.32 Å².